The van der Waals surface area contributed by atoms with Crippen molar-refractivity contribution < 1.29 is 4.74 Å². The summed E-state index contributed by atoms with van der Waals surface area (Å²) in [5.74, 6) is 1.04. The summed E-state index contributed by atoms with van der Waals surface area (Å²) in [6.07, 6.45) is 3.20. The summed E-state index contributed by atoms with van der Waals surface area (Å²) in [6, 6.07) is 0. The molecule has 1 aliphatic heterocycles. The first-order valence-electron chi connectivity index (χ1n) is 3.38. The molecule has 0 bridgehead atoms. The Morgan fingerprint density at radius 3 is 3.00 bits per heavy atom. The average Bonchev–Trinajstić information content (AvgIpc) is 2.37. The van der Waals surface area contributed by atoms with E-state index in [1.807, 2.05) is 7.05 Å². The zero-order valence-corrected chi connectivity index (χ0v) is 6.05. The molecule has 0 fully saturated rings. The van der Waals surface area contributed by atoms with Gasteiger partial charge in [0.05, 0.1) is 6.61 Å². The largest absolute Gasteiger partial charge is 0.479 e. The first-order chi connectivity index (χ1) is 4.34. The second-order valence-electron chi connectivity index (χ2n) is 2.19. The van der Waals surface area contributed by atoms with Crippen molar-refractivity contribution in [3.05, 3.63) is 12.0 Å². The number of hydrogen-bond acceptors (Lipinski definition) is 2. The second-order valence-corrected chi connectivity index (χ2v) is 2.19. The molecule has 0 aliphatic carbocycles. The van der Waals surface area contributed by atoms with Crippen molar-refractivity contribution in [3.63, 3.8) is 0 Å². The zero-order chi connectivity index (χ0) is 6.69. The van der Waals surface area contributed by atoms with Gasteiger partial charge in [0, 0.05) is 20.0 Å². The molecule has 0 amide bonds. The fourth-order valence-electron chi connectivity index (χ4n) is 0.827. The molecule has 0 saturated heterocycles. The Kier molecular flexibility index (Phi) is 1.98. The maximum absolute atomic E-state index is 5.29. The molecule has 0 atom stereocenters. The third kappa shape index (κ3) is 1.37. The Hall–Kier alpha value is -0.660. The molecule has 1 rings (SSSR count). The highest BCUT2D eigenvalue weighted by Crippen LogP contribution is 2.11. The van der Waals surface area contributed by atoms with Crippen LogP contribution in [-0.4, -0.2) is 25.1 Å². The normalized spacial score (nSPS) is 16.9. The summed E-state index contributed by atoms with van der Waals surface area (Å²) >= 11 is 0. The minimum absolute atomic E-state index is 0.861. The molecule has 0 aromatic heterocycles. The molecule has 0 N–H and O–H groups in total. The van der Waals surface area contributed by atoms with Gasteiger partial charge in [-0.2, -0.15) is 0 Å². The smallest absolute Gasteiger partial charge is 0.184 e. The lowest BCUT2D eigenvalue weighted by Gasteiger charge is -2.16. The number of rotatable bonds is 2. The summed E-state index contributed by atoms with van der Waals surface area (Å²) in [5.41, 5.74) is 0. The van der Waals surface area contributed by atoms with Gasteiger partial charge in [-0.1, -0.05) is 0 Å². The van der Waals surface area contributed by atoms with Crippen LogP contribution in [0, 0.1) is 0 Å². The number of ether oxygens (including phenoxy) is 1. The molecule has 0 aromatic carbocycles. The zero-order valence-electron chi connectivity index (χ0n) is 6.05. The van der Waals surface area contributed by atoms with Gasteiger partial charge < -0.3 is 9.64 Å². The molecule has 0 radical (unpaired) electrons. The van der Waals surface area contributed by atoms with Crippen LogP contribution in [0.25, 0.3) is 0 Å². The fourth-order valence-corrected chi connectivity index (χ4v) is 0.827. The summed E-state index contributed by atoms with van der Waals surface area (Å²) in [5, 5.41) is 0. The lowest BCUT2D eigenvalue weighted by molar-refractivity contribution is 0.157. The van der Waals surface area contributed by atoms with E-state index in [1.165, 1.54) is 0 Å². The average molecular weight is 127 g/mol. The first-order valence-corrected chi connectivity index (χ1v) is 3.38. The van der Waals surface area contributed by atoms with Gasteiger partial charge in [-0.25, -0.2) is 0 Å². The van der Waals surface area contributed by atoms with Gasteiger partial charge >= 0.3 is 0 Å². The minimum Gasteiger partial charge on any atom is -0.479 e. The van der Waals surface area contributed by atoms with E-state index < -0.39 is 0 Å². The summed E-state index contributed by atoms with van der Waals surface area (Å²) < 4.78 is 5.29. The van der Waals surface area contributed by atoms with Crippen molar-refractivity contribution >= 4 is 0 Å². The van der Waals surface area contributed by atoms with Crippen LogP contribution in [0.4, 0.5) is 0 Å². The van der Waals surface area contributed by atoms with E-state index in [4.69, 9.17) is 4.74 Å². The standard InChI is InChI=1S/C7H13NO/c1-3-8(2)7-5-4-6-9-7/h5H,3-4,6H2,1-2H3. The van der Waals surface area contributed by atoms with Gasteiger partial charge in [-0.15, -0.1) is 0 Å². The van der Waals surface area contributed by atoms with E-state index in [0.717, 1.165) is 25.5 Å². The topological polar surface area (TPSA) is 12.5 Å². The lowest BCUT2D eigenvalue weighted by atomic mass is 10.4. The van der Waals surface area contributed by atoms with E-state index in [1.54, 1.807) is 0 Å². The Bertz CT molecular complexity index is 120. The highest BCUT2D eigenvalue weighted by atomic mass is 16.5. The van der Waals surface area contributed by atoms with Crippen LogP contribution in [0.5, 0.6) is 0 Å². The Morgan fingerprint density at radius 1 is 1.78 bits per heavy atom. The van der Waals surface area contributed by atoms with E-state index in [-0.39, 0.29) is 0 Å². The molecule has 0 aromatic rings. The van der Waals surface area contributed by atoms with Gasteiger partial charge in [-0.3, -0.25) is 0 Å². The molecule has 1 aliphatic rings. The Morgan fingerprint density at radius 2 is 2.56 bits per heavy atom. The van der Waals surface area contributed by atoms with Gasteiger partial charge in [0.15, 0.2) is 5.88 Å². The van der Waals surface area contributed by atoms with Crippen LogP contribution in [0.3, 0.4) is 0 Å². The van der Waals surface area contributed by atoms with Crippen LogP contribution in [0.15, 0.2) is 12.0 Å². The van der Waals surface area contributed by atoms with Crippen molar-refractivity contribution in [3.8, 4) is 0 Å². The summed E-state index contributed by atoms with van der Waals surface area (Å²) in [4.78, 5) is 2.10. The van der Waals surface area contributed by atoms with Crippen LogP contribution in [0.1, 0.15) is 13.3 Å². The Labute approximate surface area is 56.1 Å². The highest BCUT2D eigenvalue weighted by molar-refractivity contribution is 4.95. The molecule has 2 heteroatoms. The van der Waals surface area contributed by atoms with Crippen molar-refractivity contribution in [2.45, 2.75) is 13.3 Å². The SMILES string of the molecule is CCN(C)C1=CCCO1. The van der Waals surface area contributed by atoms with E-state index >= 15 is 0 Å². The van der Waals surface area contributed by atoms with Crippen molar-refractivity contribution in [1.82, 2.24) is 4.90 Å². The second kappa shape index (κ2) is 2.76. The van der Waals surface area contributed by atoms with Crippen LogP contribution in [0.2, 0.25) is 0 Å². The highest BCUT2D eigenvalue weighted by Gasteiger charge is 2.07. The molecule has 0 unspecified atom stereocenters. The van der Waals surface area contributed by atoms with Gasteiger partial charge in [-0.05, 0) is 13.0 Å². The summed E-state index contributed by atoms with van der Waals surface area (Å²) in [6.45, 7) is 3.99. The van der Waals surface area contributed by atoms with Crippen LogP contribution < -0.4 is 0 Å². The number of nitrogens with zero attached hydrogens (tertiary/aromatic N) is 1. The van der Waals surface area contributed by atoms with Gasteiger partial charge in [0.25, 0.3) is 0 Å². The third-order valence-electron chi connectivity index (χ3n) is 1.54. The fraction of sp³-hybridized carbons (Fsp3) is 0.714. The third-order valence-corrected chi connectivity index (χ3v) is 1.54. The number of hydrogen-bond donors (Lipinski definition) is 0. The molecule has 1 heterocycles. The molecular formula is C7H13NO. The minimum atomic E-state index is 0.861. The lowest BCUT2D eigenvalue weighted by Crippen LogP contribution is -2.16. The molecule has 0 saturated carbocycles. The van der Waals surface area contributed by atoms with Gasteiger partial charge in [0.2, 0.25) is 0 Å². The van der Waals surface area contributed by atoms with Crippen molar-refractivity contribution in [2.24, 2.45) is 0 Å². The Balaban J connectivity index is 2.40. The first kappa shape index (κ1) is 6.46. The van der Waals surface area contributed by atoms with Crippen LogP contribution >= 0.6 is 0 Å². The van der Waals surface area contributed by atoms with Crippen molar-refractivity contribution in [2.75, 3.05) is 20.2 Å². The predicted octanol–water partition coefficient (Wildman–Crippen LogP) is 1.20. The predicted molar refractivity (Wildman–Crippen MR) is 37.0 cm³/mol. The molecule has 52 valence electrons. The summed E-state index contributed by atoms with van der Waals surface area (Å²) in [7, 11) is 2.04. The van der Waals surface area contributed by atoms with Crippen molar-refractivity contribution in [1.29, 1.82) is 0 Å². The van der Waals surface area contributed by atoms with E-state index in [9.17, 15) is 0 Å². The van der Waals surface area contributed by atoms with Gasteiger partial charge in [0.1, 0.15) is 0 Å². The molecule has 2 nitrogen and oxygen atoms in total. The van der Waals surface area contributed by atoms with E-state index in [2.05, 4.69) is 17.9 Å². The van der Waals surface area contributed by atoms with Crippen LogP contribution in [-0.2, 0) is 4.74 Å². The molecule has 0 spiro atoms. The maximum Gasteiger partial charge on any atom is 0.184 e. The van der Waals surface area contributed by atoms with E-state index in [0.29, 0.717) is 0 Å². The monoisotopic (exact) mass is 127 g/mol. The molecule has 9 heavy (non-hydrogen) atoms. The quantitative estimate of drug-likeness (QED) is 0.552. The maximum atomic E-state index is 5.29. The molecular weight excluding hydrogens is 114 g/mol.